The lowest BCUT2D eigenvalue weighted by Crippen LogP contribution is -2.36. The number of benzene rings is 2. The first-order valence-electron chi connectivity index (χ1n) is 9.63. The summed E-state index contributed by atoms with van der Waals surface area (Å²) in [5.74, 6) is -0.377. The molecular formula is C22H22N2O5. The number of carbonyl (C=O) groups excluding carboxylic acids is 3. The summed E-state index contributed by atoms with van der Waals surface area (Å²) in [7, 11) is 0. The fourth-order valence-corrected chi connectivity index (χ4v) is 3.58. The number of hydrogen-bond acceptors (Lipinski definition) is 5. The van der Waals surface area contributed by atoms with Crippen molar-refractivity contribution in [1.82, 2.24) is 4.90 Å². The van der Waals surface area contributed by atoms with Crippen molar-refractivity contribution in [3.8, 4) is 5.75 Å². The van der Waals surface area contributed by atoms with Gasteiger partial charge in [0, 0.05) is 12.3 Å². The zero-order valence-electron chi connectivity index (χ0n) is 16.1. The third-order valence-electron chi connectivity index (χ3n) is 5.12. The van der Waals surface area contributed by atoms with Crippen LogP contribution in [-0.2, 0) is 9.53 Å². The van der Waals surface area contributed by atoms with Crippen LogP contribution in [0.25, 0.3) is 0 Å². The second-order valence-corrected chi connectivity index (χ2v) is 7.22. The topological polar surface area (TPSA) is 84.9 Å². The van der Waals surface area contributed by atoms with Gasteiger partial charge in [-0.3, -0.25) is 19.3 Å². The summed E-state index contributed by atoms with van der Waals surface area (Å²) >= 11 is 0. The first-order valence-corrected chi connectivity index (χ1v) is 9.63. The van der Waals surface area contributed by atoms with Gasteiger partial charge in [-0.05, 0) is 49.6 Å². The summed E-state index contributed by atoms with van der Waals surface area (Å²) < 4.78 is 11.1. The molecule has 2 heterocycles. The number of amides is 3. The third-order valence-corrected chi connectivity index (χ3v) is 5.12. The Kier molecular flexibility index (Phi) is 5.31. The second-order valence-electron chi connectivity index (χ2n) is 7.22. The summed E-state index contributed by atoms with van der Waals surface area (Å²) in [6, 6.07) is 12.2. The monoisotopic (exact) mass is 394 g/mol. The van der Waals surface area contributed by atoms with Crippen LogP contribution in [0.5, 0.6) is 5.75 Å². The van der Waals surface area contributed by atoms with Crippen molar-refractivity contribution in [2.24, 2.45) is 0 Å². The number of nitrogens with one attached hydrogen (secondary N) is 1. The van der Waals surface area contributed by atoms with Crippen LogP contribution in [0, 0.1) is 6.92 Å². The van der Waals surface area contributed by atoms with E-state index < -0.39 is 0 Å². The van der Waals surface area contributed by atoms with Gasteiger partial charge in [-0.2, -0.15) is 0 Å². The summed E-state index contributed by atoms with van der Waals surface area (Å²) in [4.78, 5) is 38.7. The van der Waals surface area contributed by atoms with Gasteiger partial charge in [0.1, 0.15) is 5.75 Å². The zero-order valence-corrected chi connectivity index (χ0v) is 16.1. The highest BCUT2D eigenvalue weighted by molar-refractivity contribution is 6.21. The lowest BCUT2D eigenvalue weighted by Gasteiger charge is -2.17. The molecule has 0 aromatic heterocycles. The minimum atomic E-state index is -0.354. The highest BCUT2D eigenvalue weighted by atomic mass is 16.5. The molecule has 7 heteroatoms. The molecule has 2 aromatic carbocycles. The summed E-state index contributed by atoms with van der Waals surface area (Å²) in [6.45, 7) is 2.67. The number of carbonyl (C=O) groups is 3. The van der Waals surface area contributed by atoms with Gasteiger partial charge in [-0.1, -0.05) is 18.2 Å². The van der Waals surface area contributed by atoms with Crippen LogP contribution >= 0.6 is 0 Å². The normalized spacial score (nSPS) is 18.1. The van der Waals surface area contributed by atoms with Crippen molar-refractivity contribution in [2.45, 2.75) is 25.9 Å². The number of nitrogens with zero attached hydrogens (tertiary/aromatic N) is 1. The predicted octanol–water partition coefficient (Wildman–Crippen LogP) is 2.79. The molecule has 1 fully saturated rings. The first-order chi connectivity index (χ1) is 14.0. The largest absolute Gasteiger partial charge is 0.483 e. The van der Waals surface area contributed by atoms with E-state index in [1.807, 2.05) is 25.1 Å². The number of aryl methyl sites for hydroxylation is 1. The van der Waals surface area contributed by atoms with Crippen molar-refractivity contribution in [3.63, 3.8) is 0 Å². The standard InChI is InChI=1S/C22H22N2O5/c1-14-5-2-3-7-19(14)29-13-20(25)23-15-8-9-17-18(11-15)22(27)24(21(17)26)12-16-6-4-10-28-16/h2-3,5,7-9,11,16H,4,6,10,12-13H2,1H3,(H,23,25)/t16-/m1/s1. The molecule has 3 amide bonds. The number of rotatable bonds is 6. The molecule has 1 N–H and O–H groups in total. The van der Waals surface area contributed by atoms with Gasteiger partial charge in [-0.15, -0.1) is 0 Å². The van der Waals surface area contributed by atoms with Gasteiger partial charge in [0.05, 0.1) is 23.8 Å². The van der Waals surface area contributed by atoms with E-state index in [1.54, 1.807) is 18.2 Å². The highest BCUT2D eigenvalue weighted by Gasteiger charge is 2.37. The number of ether oxygens (including phenoxy) is 2. The van der Waals surface area contributed by atoms with Crippen LogP contribution in [0.2, 0.25) is 0 Å². The van der Waals surface area contributed by atoms with Gasteiger partial charge < -0.3 is 14.8 Å². The SMILES string of the molecule is Cc1ccccc1OCC(=O)Nc1ccc2c(c1)C(=O)N(C[C@H]1CCCO1)C2=O. The molecule has 2 aliphatic rings. The van der Waals surface area contributed by atoms with Crippen molar-refractivity contribution >= 4 is 23.4 Å². The Hall–Kier alpha value is -3.19. The molecule has 2 aromatic rings. The minimum absolute atomic E-state index is 0.102. The number of anilines is 1. The first kappa shape index (κ1) is 19.1. The molecule has 0 saturated carbocycles. The molecular weight excluding hydrogens is 372 g/mol. The van der Waals surface area contributed by atoms with Crippen LogP contribution < -0.4 is 10.1 Å². The molecule has 0 spiro atoms. The number of imide groups is 1. The maximum atomic E-state index is 12.7. The Bertz CT molecular complexity index is 965. The van der Waals surface area contributed by atoms with Gasteiger partial charge >= 0.3 is 0 Å². The molecule has 0 radical (unpaired) electrons. The fraction of sp³-hybridized carbons (Fsp3) is 0.318. The average Bonchev–Trinajstić information content (AvgIpc) is 3.31. The second kappa shape index (κ2) is 8.05. The Morgan fingerprint density at radius 3 is 2.72 bits per heavy atom. The summed E-state index contributed by atoms with van der Waals surface area (Å²) in [6.07, 6.45) is 1.68. The molecule has 0 unspecified atom stereocenters. The number of hydrogen-bond donors (Lipinski definition) is 1. The van der Waals surface area contributed by atoms with E-state index in [4.69, 9.17) is 9.47 Å². The molecule has 0 aliphatic carbocycles. The van der Waals surface area contributed by atoms with Crippen molar-refractivity contribution < 1.29 is 23.9 Å². The molecule has 4 rings (SSSR count). The molecule has 29 heavy (non-hydrogen) atoms. The van der Waals surface area contributed by atoms with E-state index >= 15 is 0 Å². The smallest absolute Gasteiger partial charge is 0.262 e. The van der Waals surface area contributed by atoms with Gasteiger partial charge in [0.15, 0.2) is 6.61 Å². The fourth-order valence-electron chi connectivity index (χ4n) is 3.58. The quantitative estimate of drug-likeness (QED) is 0.762. The van der Waals surface area contributed by atoms with E-state index in [0.29, 0.717) is 29.2 Å². The maximum absolute atomic E-state index is 12.7. The van der Waals surface area contributed by atoms with E-state index in [0.717, 1.165) is 18.4 Å². The van der Waals surface area contributed by atoms with E-state index in [1.165, 1.54) is 11.0 Å². The lowest BCUT2D eigenvalue weighted by atomic mass is 10.1. The molecule has 2 aliphatic heterocycles. The van der Waals surface area contributed by atoms with Gasteiger partial charge in [0.2, 0.25) is 0 Å². The Labute approximate surface area is 168 Å². The average molecular weight is 394 g/mol. The Morgan fingerprint density at radius 1 is 1.17 bits per heavy atom. The third kappa shape index (κ3) is 4.00. The Balaban J connectivity index is 1.40. The van der Waals surface area contributed by atoms with Crippen LogP contribution in [-0.4, -0.2) is 48.5 Å². The number of para-hydroxylation sites is 1. The van der Waals surface area contributed by atoms with Crippen LogP contribution in [0.1, 0.15) is 39.1 Å². The molecule has 7 nitrogen and oxygen atoms in total. The van der Waals surface area contributed by atoms with Crippen LogP contribution in [0.3, 0.4) is 0 Å². The number of fused-ring (bicyclic) bond motifs is 1. The van der Waals surface area contributed by atoms with E-state index in [9.17, 15) is 14.4 Å². The molecule has 150 valence electrons. The lowest BCUT2D eigenvalue weighted by molar-refractivity contribution is -0.118. The molecule has 0 bridgehead atoms. The van der Waals surface area contributed by atoms with Crippen molar-refractivity contribution in [2.75, 3.05) is 25.1 Å². The summed E-state index contributed by atoms with van der Waals surface area (Å²) in [5, 5.41) is 2.71. The molecule has 1 saturated heterocycles. The Morgan fingerprint density at radius 2 is 1.97 bits per heavy atom. The minimum Gasteiger partial charge on any atom is -0.483 e. The van der Waals surface area contributed by atoms with E-state index in [-0.39, 0.29) is 37.0 Å². The molecule has 1 atom stereocenters. The van der Waals surface area contributed by atoms with Crippen molar-refractivity contribution in [1.29, 1.82) is 0 Å². The van der Waals surface area contributed by atoms with Gasteiger partial charge in [0.25, 0.3) is 17.7 Å². The van der Waals surface area contributed by atoms with Crippen molar-refractivity contribution in [3.05, 3.63) is 59.2 Å². The van der Waals surface area contributed by atoms with Gasteiger partial charge in [-0.25, -0.2) is 0 Å². The van der Waals surface area contributed by atoms with Crippen LogP contribution in [0.4, 0.5) is 5.69 Å². The highest BCUT2D eigenvalue weighted by Crippen LogP contribution is 2.27. The predicted molar refractivity (Wildman–Crippen MR) is 106 cm³/mol. The zero-order chi connectivity index (χ0) is 20.4. The summed E-state index contributed by atoms with van der Waals surface area (Å²) in [5.41, 5.74) is 2.03. The van der Waals surface area contributed by atoms with E-state index in [2.05, 4.69) is 5.32 Å². The van der Waals surface area contributed by atoms with Crippen LogP contribution in [0.15, 0.2) is 42.5 Å². The maximum Gasteiger partial charge on any atom is 0.262 e.